The van der Waals surface area contributed by atoms with Gasteiger partial charge in [-0.3, -0.25) is 0 Å². The Balaban J connectivity index is 3.89. The van der Waals surface area contributed by atoms with Crippen molar-refractivity contribution in [3.05, 3.63) is 60.0 Å². The van der Waals surface area contributed by atoms with Crippen LogP contribution < -0.4 is 10.4 Å². The van der Waals surface area contributed by atoms with E-state index in [1.165, 1.54) is 0 Å². The van der Waals surface area contributed by atoms with Crippen LogP contribution in [-0.2, 0) is 0 Å². The van der Waals surface area contributed by atoms with Crippen LogP contribution in [0.15, 0.2) is 49.6 Å². The van der Waals surface area contributed by atoms with Gasteiger partial charge in [-0.2, -0.15) is 5.26 Å². The highest BCUT2D eigenvalue weighted by molar-refractivity contribution is 5.70. The van der Waals surface area contributed by atoms with E-state index in [-0.39, 0.29) is 0 Å². The molecule has 0 amide bonds. The summed E-state index contributed by atoms with van der Waals surface area (Å²) in [5, 5.41) is 10.9. The highest BCUT2D eigenvalue weighted by Gasteiger charge is 1.94. The molecule has 1 aromatic carbocycles. The second-order valence-corrected chi connectivity index (χ2v) is 3.16. The molecule has 0 radical (unpaired) electrons. The molecular formula is C14H13N. The van der Waals surface area contributed by atoms with Gasteiger partial charge in [-0.05, 0) is 22.9 Å². The van der Waals surface area contributed by atoms with E-state index in [0.717, 1.165) is 16.0 Å². The molecule has 0 atom stereocenters. The van der Waals surface area contributed by atoms with E-state index in [9.17, 15) is 0 Å². The lowest BCUT2D eigenvalue weighted by atomic mass is 10.1. The first-order chi connectivity index (χ1) is 7.24. The van der Waals surface area contributed by atoms with Gasteiger partial charge in [-0.15, -0.1) is 0 Å². The fraction of sp³-hybridized carbons (Fsp3) is 0.0714. The number of rotatable bonds is 2. The molecule has 0 saturated heterocycles. The van der Waals surface area contributed by atoms with Crippen LogP contribution in [0, 0.1) is 11.3 Å². The maximum absolute atomic E-state index is 8.97. The van der Waals surface area contributed by atoms with E-state index < -0.39 is 0 Å². The van der Waals surface area contributed by atoms with Crippen molar-refractivity contribution in [2.24, 2.45) is 0 Å². The van der Waals surface area contributed by atoms with Crippen molar-refractivity contribution in [3.8, 4) is 6.07 Å². The van der Waals surface area contributed by atoms with E-state index in [1.807, 2.05) is 31.2 Å². The van der Waals surface area contributed by atoms with Crippen LogP contribution in [0.1, 0.15) is 6.92 Å². The zero-order valence-corrected chi connectivity index (χ0v) is 8.83. The Kier molecular flexibility index (Phi) is 3.65. The second-order valence-electron chi connectivity index (χ2n) is 3.16. The van der Waals surface area contributed by atoms with Crippen LogP contribution in [-0.4, -0.2) is 0 Å². The van der Waals surface area contributed by atoms with Gasteiger partial charge < -0.3 is 0 Å². The summed E-state index contributed by atoms with van der Waals surface area (Å²) in [5.74, 6) is 0. The summed E-state index contributed by atoms with van der Waals surface area (Å²) in [6, 6.07) is 9.90. The van der Waals surface area contributed by atoms with Crippen LogP contribution in [0.5, 0.6) is 0 Å². The Bertz CT molecular complexity index is 541. The minimum Gasteiger partial charge on any atom is -0.192 e. The number of hydrogen-bond donors (Lipinski definition) is 0. The lowest BCUT2D eigenvalue weighted by Gasteiger charge is -1.95. The topological polar surface area (TPSA) is 23.8 Å². The summed E-state index contributed by atoms with van der Waals surface area (Å²) in [7, 11) is 0. The average molecular weight is 195 g/mol. The predicted octanol–water partition coefficient (Wildman–Crippen LogP) is 1.90. The lowest BCUT2D eigenvalue weighted by molar-refractivity contribution is 1.45. The Hall–Kier alpha value is -2.07. The molecule has 0 heterocycles. The van der Waals surface area contributed by atoms with Crippen LogP contribution in [0.25, 0.3) is 11.1 Å². The van der Waals surface area contributed by atoms with Gasteiger partial charge in [0.2, 0.25) is 0 Å². The summed E-state index contributed by atoms with van der Waals surface area (Å²) in [6.07, 6.45) is 3.37. The Morgan fingerprint density at radius 1 is 1.20 bits per heavy atom. The maximum atomic E-state index is 8.97. The van der Waals surface area contributed by atoms with Gasteiger partial charge in [0, 0.05) is 0 Å². The van der Waals surface area contributed by atoms with E-state index >= 15 is 0 Å². The van der Waals surface area contributed by atoms with Crippen molar-refractivity contribution in [1.82, 2.24) is 0 Å². The molecule has 1 heteroatoms. The third kappa shape index (κ3) is 2.24. The van der Waals surface area contributed by atoms with Gasteiger partial charge >= 0.3 is 0 Å². The molecule has 0 spiro atoms. The number of allylic oxidation sites excluding steroid dienone is 2. The van der Waals surface area contributed by atoms with Crippen LogP contribution in [0.4, 0.5) is 0 Å². The van der Waals surface area contributed by atoms with Crippen molar-refractivity contribution in [3.63, 3.8) is 0 Å². The number of hydrogen-bond acceptors (Lipinski definition) is 1. The van der Waals surface area contributed by atoms with E-state index in [2.05, 4.69) is 19.2 Å². The fourth-order valence-corrected chi connectivity index (χ4v) is 1.39. The van der Waals surface area contributed by atoms with Crippen molar-refractivity contribution < 1.29 is 0 Å². The normalized spacial score (nSPS) is 13.6. The van der Waals surface area contributed by atoms with Crippen molar-refractivity contribution in [2.45, 2.75) is 6.92 Å². The zero-order chi connectivity index (χ0) is 11.3. The molecule has 0 aliphatic rings. The van der Waals surface area contributed by atoms with E-state index in [4.69, 9.17) is 5.26 Å². The summed E-state index contributed by atoms with van der Waals surface area (Å²) in [6.45, 7) is 9.35. The van der Waals surface area contributed by atoms with Gasteiger partial charge in [0.25, 0.3) is 0 Å². The first kappa shape index (κ1) is 11.0. The maximum Gasteiger partial charge on any atom is 0.0997 e. The molecule has 0 saturated carbocycles. The van der Waals surface area contributed by atoms with Crippen LogP contribution in [0.2, 0.25) is 0 Å². The molecule has 1 rings (SSSR count). The largest absolute Gasteiger partial charge is 0.192 e. The molecule has 0 aliphatic heterocycles. The predicted molar refractivity (Wildman–Crippen MR) is 64.2 cm³/mol. The molecule has 0 aromatic heterocycles. The van der Waals surface area contributed by atoms with Gasteiger partial charge in [0.15, 0.2) is 0 Å². The molecule has 1 aromatic rings. The third-order valence-electron chi connectivity index (χ3n) is 2.27. The monoisotopic (exact) mass is 195 g/mol. The van der Waals surface area contributed by atoms with Crippen molar-refractivity contribution >= 4 is 11.1 Å². The van der Waals surface area contributed by atoms with Gasteiger partial charge in [-0.25, -0.2) is 0 Å². The minimum absolute atomic E-state index is 0.590. The summed E-state index contributed by atoms with van der Waals surface area (Å²) >= 11 is 0. The molecular weight excluding hydrogens is 182 g/mol. The SMILES string of the molecule is C=C/C(C)=c1/cccc/c1=C(\C#N)C=C. The van der Waals surface area contributed by atoms with Crippen LogP contribution in [0.3, 0.4) is 0 Å². The summed E-state index contributed by atoms with van der Waals surface area (Å²) < 4.78 is 0. The Morgan fingerprint density at radius 2 is 1.80 bits per heavy atom. The number of nitrogens with zero attached hydrogens (tertiary/aromatic N) is 1. The third-order valence-corrected chi connectivity index (χ3v) is 2.27. The molecule has 0 aliphatic carbocycles. The zero-order valence-electron chi connectivity index (χ0n) is 8.83. The van der Waals surface area contributed by atoms with Crippen molar-refractivity contribution in [2.75, 3.05) is 0 Å². The minimum atomic E-state index is 0.590. The van der Waals surface area contributed by atoms with Crippen LogP contribution >= 0.6 is 0 Å². The Labute approximate surface area is 90.0 Å². The van der Waals surface area contributed by atoms with E-state index in [0.29, 0.717) is 5.57 Å². The summed E-state index contributed by atoms with van der Waals surface area (Å²) in [5.41, 5.74) is 1.65. The van der Waals surface area contributed by atoms with E-state index in [1.54, 1.807) is 12.2 Å². The fourth-order valence-electron chi connectivity index (χ4n) is 1.39. The smallest absolute Gasteiger partial charge is 0.0997 e. The Morgan fingerprint density at radius 3 is 2.27 bits per heavy atom. The number of nitriles is 1. The highest BCUT2D eigenvalue weighted by Crippen LogP contribution is 1.92. The van der Waals surface area contributed by atoms with Crippen molar-refractivity contribution in [1.29, 1.82) is 5.26 Å². The van der Waals surface area contributed by atoms with Gasteiger partial charge in [0.05, 0.1) is 11.6 Å². The molecule has 0 N–H and O–H groups in total. The quantitative estimate of drug-likeness (QED) is 0.707. The lowest BCUT2D eigenvalue weighted by Crippen LogP contribution is -2.27. The first-order valence-corrected chi connectivity index (χ1v) is 4.69. The second kappa shape index (κ2) is 4.97. The summed E-state index contributed by atoms with van der Waals surface area (Å²) in [4.78, 5) is 0. The molecule has 0 fully saturated rings. The highest BCUT2D eigenvalue weighted by atomic mass is 14.2. The number of benzene rings is 1. The average Bonchev–Trinajstić information content (AvgIpc) is 2.30. The molecule has 0 unspecified atom stereocenters. The molecule has 1 nitrogen and oxygen atoms in total. The molecule has 0 bridgehead atoms. The standard InChI is InChI=1S/C14H13N/c1-4-11(3)13-8-6-7-9-14(13)12(5-2)10-15/h4-9H,1-2H2,3H3/b13-11-,14-12+. The molecule has 74 valence electrons. The van der Waals surface area contributed by atoms with Gasteiger partial charge in [0.1, 0.15) is 0 Å². The van der Waals surface area contributed by atoms with Gasteiger partial charge in [-0.1, -0.05) is 49.6 Å². The molecule has 15 heavy (non-hydrogen) atoms. The first-order valence-electron chi connectivity index (χ1n) is 4.69.